The van der Waals surface area contributed by atoms with Crippen LogP contribution in [-0.4, -0.2) is 27.4 Å². The summed E-state index contributed by atoms with van der Waals surface area (Å²) in [5, 5.41) is 0. The van der Waals surface area contributed by atoms with Gasteiger partial charge in [0.15, 0.2) is 11.5 Å². The number of benzene rings is 2. The van der Waals surface area contributed by atoms with Crippen LogP contribution in [0.4, 0.5) is 0 Å². The molecule has 2 aromatic carbocycles. The second-order valence-electron chi connectivity index (χ2n) is 4.90. The highest BCUT2D eigenvalue weighted by molar-refractivity contribution is 5.56. The average Bonchev–Trinajstić information content (AvgIpc) is 2.64. The van der Waals surface area contributed by atoms with Crippen LogP contribution in [0.2, 0.25) is 0 Å². The molecule has 0 saturated heterocycles. The first-order chi connectivity index (χ1) is 11.8. The summed E-state index contributed by atoms with van der Waals surface area (Å²) in [6, 6.07) is 13.3. The van der Waals surface area contributed by atoms with Crippen LogP contribution in [0.25, 0.3) is 6.08 Å². The Hall–Kier alpha value is -2.88. The van der Waals surface area contributed by atoms with Gasteiger partial charge in [-0.1, -0.05) is 24.8 Å². The SMILES string of the molecule is C=CCOc1ccc(OC/C=C/c2ccc(OC)c(OC)c2)cc1. The molecule has 0 amide bonds. The molecule has 2 aromatic rings. The Labute approximate surface area is 142 Å². The van der Waals surface area contributed by atoms with E-state index in [4.69, 9.17) is 18.9 Å². The van der Waals surface area contributed by atoms with Crippen LogP contribution in [0.3, 0.4) is 0 Å². The van der Waals surface area contributed by atoms with Crippen LogP contribution >= 0.6 is 0 Å². The predicted molar refractivity (Wildman–Crippen MR) is 96.2 cm³/mol. The molecule has 4 nitrogen and oxygen atoms in total. The van der Waals surface area contributed by atoms with Gasteiger partial charge in [-0.25, -0.2) is 0 Å². The first-order valence-electron chi connectivity index (χ1n) is 7.62. The lowest BCUT2D eigenvalue weighted by atomic mass is 10.2. The van der Waals surface area contributed by atoms with Crippen molar-refractivity contribution in [1.82, 2.24) is 0 Å². The Kier molecular flexibility index (Phi) is 6.77. The number of ether oxygens (including phenoxy) is 4. The van der Waals surface area contributed by atoms with Crippen molar-refractivity contribution in [3.05, 3.63) is 66.8 Å². The van der Waals surface area contributed by atoms with Crippen molar-refractivity contribution >= 4 is 6.08 Å². The van der Waals surface area contributed by atoms with E-state index in [1.807, 2.05) is 54.6 Å². The zero-order chi connectivity index (χ0) is 17.2. The quantitative estimate of drug-likeness (QED) is 0.642. The van der Waals surface area contributed by atoms with Crippen molar-refractivity contribution in [2.24, 2.45) is 0 Å². The van der Waals surface area contributed by atoms with Crippen molar-refractivity contribution in [3.8, 4) is 23.0 Å². The third-order valence-corrected chi connectivity index (χ3v) is 3.26. The smallest absolute Gasteiger partial charge is 0.161 e. The fourth-order valence-corrected chi connectivity index (χ4v) is 2.07. The summed E-state index contributed by atoms with van der Waals surface area (Å²) in [4.78, 5) is 0. The lowest BCUT2D eigenvalue weighted by Crippen LogP contribution is -1.95. The molecule has 24 heavy (non-hydrogen) atoms. The van der Waals surface area contributed by atoms with E-state index in [1.165, 1.54) is 0 Å². The van der Waals surface area contributed by atoms with Crippen LogP contribution in [0, 0.1) is 0 Å². The van der Waals surface area contributed by atoms with Gasteiger partial charge in [-0.15, -0.1) is 0 Å². The summed E-state index contributed by atoms with van der Waals surface area (Å²) in [5.41, 5.74) is 1.02. The van der Waals surface area contributed by atoms with Gasteiger partial charge in [0, 0.05) is 0 Å². The number of hydrogen-bond donors (Lipinski definition) is 0. The maximum atomic E-state index is 5.67. The molecule has 0 spiro atoms. The second-order valence-corrected chi connectivity index (χ2v) is 4.90. The van der Waals surface area contributed by atoms with Gasteiger partial charge in [-0.2, -0.15) is 0 Å². The number of methoxy groups -OCH3 is 2. The van der Waals surface area contributed by atoms with Gasteiger partial charge in [-0.3, -0.25) is 0 Å². The Bertz CT molecular complexity index is 675. The van der Waals surface area contributed by atoms with Crippen LogP contribution in [0.1, 0.15) is 5.56 Å². The topological polar surface area (TPSA) is 36.9 Å². The standard InChI is InChI=1S/C20H22O4/c1-4-13-23-17-8-10-18(11-9-17)24-14-5-6-16-7-12-19(21-2)20(15-16)22-3/h4-12,15H,1,13-14H2,2-3H3/b6-5+. The molecule has 0 fully saturated rings. The Morgan fingerprint density at radius 2 is 1.46 bits per heavy atom. The fraction of sp³-hybridized carbons (Fsp3) is 0.200. The molecule has 0 atom stereocenters. The van der Waals surface area contributed by atoms with Crippen molar-refractivity contribution in [2.45, 2.75) is 0 Å². The molecule has 2 rings (SSSR count). The number of hydrogen-bond acceptors (Lipinski definition) is 4. The molecule has 0 aliphatic carbocycles. The minimum Gasteiger partial charge on any atom is -0.493 e. The van der Waals surface area contributed by atoms with E-state index in [1.54, 1.807) is 20.3 Å². The molecule has 126 valence electrons. The molecule has 0 aliphatic rings. The molecular formula is C20H22O4. The van der Waals surface area contributed by atoms with Crippen molar-refractivity contribution in [1.29, 1.82) is 0 Å². The van der Waals surface area contributed by atoms with E-state index in [-0.39, 0.29) is 0 Å². The van der Waals surface area contributed by atoms with E-state index < -0.39 is 0 Å². The Morgan fingerprint density at radius 1 is 0.833 bits per heavy atom. The van der Waals surface area contributed by atoms with E-state index in [0.29, 0.717) is 24.7 Å². The molecule has 0 radical (unpaired) electrons. The largest absolute Gasteiger partial charge is 0.493 e. The van der Waals surface area contributed by atoms with E-state index in [0.717, 1.165) is 17.1 Å². The Balaban J connectivity index is 1.87. The fourth-order valence-electron chi connectivity index (χ4n) is 2.07. The van der Waals surface area contributed by atoms with Crippen molar-refractivity contribution in [2.75, 3.05) is 27.4 Å². The Morgan fingerprint density at radius 3 is 2.04 bits per heavy atom. The van der Waals surface area contributed by atoms with Gasteiger partial charge >= 0.3 is 0 Å². The monoisotopic (exact) mass is 326 g/mol. The highest BCUT2D eigenvalue weighted by atomic mass is 16.5. The lowest BCUT2D eigenvalue weighted by molar-refractivity contribution is 0.353. The third-order valence-electron chi connectivity index (χ3n) is 3.26. The highest BCUT2D eigenvalue weighted by Gasteiger charge is 2.02. The minimum absolute atomic E-state index is 0.473. The van der Waals surface area contributed by atoms with Crippen LogP contribution in [0.5, 0.6) is 23.0 Å². The minimum atomic E-state index is 0.473. The molecule has 0 heterocycles. The van der Waals surface area contributed by atoms with E-state index in [2.05, 4.69) is 6.58 Å². The lowest BCUT2D eigenvalue weighted by Gasteiger charge is -2.08. The average molecular weight is 326 g/mol. The molecule has 0 N–H and O–H groups in total. The normalized spacial score (nSPS) is 10.4. The maximum absolute atomic E-state index is 5.67. The second kappa shape index (κ2) is 9.30. The summed E-state index contributed by atoms with van der Waals surface area (Å²) in [6.07, 6.45) is 5.64. The molecule has 0 aliphatic heterocycles. The summed E-state index contributed by atoms with van der Waals surface area (Å²) in [5.74, 6) is 3.00. The van der Waals surface area contributed by atoms with Gasteiger partial charge in [0.1, 0.15) is 24.7 Å². The summed E-state index contributed by atoms with van der Waals surface area (Å²) < 4.78 is 21.6. The molecule has 0 saturated carbocycles. The molecular weight excluding hydrogens is 304 g/mol. The van der Waals surface area contributed by atoms with E-state index >= 15 is 0 Å². The van der Waals surface area contributed by atoms with Gasteiger partial charge in [-0.05, 0) is 48.0 Å². The zero-order valence-corrected chi connectivity index (χ0v) is 14.0. The molecule has 4 heteroatoms. The van der Waals surface area contributed by atoms with Gasteiger partial charge in [0.25, 0.3) is 0 Å². The first-order valence-corrected chi connectivity index (χ1v) is 7.62. The van der Waals surface area contributed by atoms with E-state index in [9.17, 15) is 0 Å². The van der Waals surface area contributed by atoms with Crippen LogP contribution in [0.15, 0.2) is 61.2 Å². The maximum Gasteiger partial charge on any atom is 0.161 e. The van der Waals surface area contributed by atoms with Gasteiger partial charge < -0.3 is 18.9 Å². The zero-order valence-electron chi connectivity index (χ0n) is 14.0. The van der Waals surface area contributed by atoms with Crippen LogP contribution < -0.4 is 18.9 Å². The summed E-state index contributed by atoms with van der Waals surface area (Å²) >= 11 is 0. The van der Waals surface area contributed by atoms with Gasteiger partial charge in [0.2, 0.25) is 0 Å². The number of rotatable bonds is 9. The predicted octanol–water partition coefficient (Wildman–Crippen LogP) is 4.36. The summed E-state index contributed by atoms with van der Waals surface area (Å²) in [6.45, 7) is 4.58. The highest BCUT2D eigenvalue weighted by Crippen LogP contribution is 2.28. The van der Waals surface area contributed by atoms with Crippen molar-refractivity contribution in [3.63, 3.8) is 0 Å². The molecule has 0 bridgehead atoms. The molecule has 0 unspecified atom stereocenters. The van der Waals surface area contributed by atoms with Crippen molar-refractivity contribution < 1.29 is 18.9 Å². The van der Waals surface area contributed by atoms with Gasteiger partial charge in [0.05, 0.1) is 14.2 Å². The third kappa shape index (κ3) is 5.09. The first kappa shape index (κ1) is 17.5. The van der Waals surface area contributed by atoms with Crippen LogP contribution in [-0.2, 0) is 0 Å². The molecule has 0 aromatic heterocycles. The summed E-state index contributed by atoms with van der Waals surface area (Å²) in [7, 11) is 3.24.